The van der Waals surface area contributed by atoms with Crippen molar-refractivity contribution in [2.75, 3.05) is 21.3 Å². The second-order valence-corrected chi connectivity index (χ2v) is 4.89. The monoisotopic (exact) mass is 289 g/mol. The molecule has 0 spiro atoms. The Bertz CT molecular complexity index is 585. The van der Waals surface area contributed by atoms with Gasteiger partial charge in [0.1, 0.15) is 11.5 Å². The van der Waals surface area contributed by atoms with E-state index in [4.69, 9.17) is 9.47 Å². The molecule has 1 N–H and O–H groups in total. The average Bonchev–Trinajstić information content (AvgIpc) is 2.88. The zero-order valence-corrected chi connectivity index (χ0v) is 13.3. The summed E-state index contributed by atoms with van der Waals surface area (Å²) in [5, 5.41) is 7.88. The number of nitrogens with zero attached hydrogens (tertiary/aromatic N) is 2. The number of aromatic nitrogens is 2. The smallest absolute Gasteiger partial charge is 0.122 e. The van der Waals surface area contributed by atoms with Crippen LogP contribution in [0.15, 0.2) is 24.3 Å². The Morgan fingerprint density at radius 2 is 1.76 bits per heavy atom. The van der Waals surface area contributed by atoms with E-state index in [9.17, 15) is 0 Å². The van der Waals surface area contributed by atoms with E-state index in [1.165, 1.54) is 0 Å². The summed E-state index contributed by atoms with van der Waals surface area (Å²) in [4.78, 5) is 0. The highest BCUT2D eigenvalue weighted by molar-refractivity contribution is 5.42. The van der Waals surface area contributed by atoms with Crippen LogP contribution in [0, 0.1) is 6.92 Å². The molecule has 2 aromatic rings. The minimum Gasteiger partial charge on any atom is -0.497 e. The Balaban J connectivity index is 2.50. The van der Waals surface area contributed by atoms with Crippen LogP contribution in [0.1, 0.15) is 29.9 Å². The number of hydrogen-bond donors (Lipinski definition) is 1. The standard InChI is InChI=1S/C16H23N3O2/c1-6-19-15(7-11(2)18-19)16(17-3)12-8-13(20-4)10-14(9-12)21-5/h7-10,16-17H,6H2,1-5H3. The maximum atomic E-state index is 5.36. The average molecular weight is 289 g/mol. The first kappa shape index (κ1) is 15.4. The molecule has 0 radical (unpaired) electrons. The van der Waals surface area contributed by atoms with Gasteiger partial charge in [-0.25, -0.2) is 0 Å². The number of methoxy groups -OCH3 is 2. The SMILES string of the molecule is CCn1nc(C)cc1C(NC)c1cc(OC)cc(OC)c1. The fraction of sp³-hybridized carbons (Fsp3) is 0.438. The van der Waals surface area contributed by atoms with Crippen molar-refractivity contribution in [2.24, 2.45) is 0 Å². The van der Waals surface area contributed by atoms with Gasteiger partial charge in [0.25, 0.3) is 0 Å². The Labute approximate surface area is 125 Å². The molecule has 1 heterocycles. The van der Waals surface area contributed by atoms with E-state index >= 15 is 0 Å². The molecule has 0 aliphatic carbocycles. The molecule has 0 fully saturated rings. The first-order valence-corrected chi connectivity index (χ1v) is 7.07. The molecule has 1 unspecified atom stereocenters. The summed E-state index contributed by atoms with van der Waals surface area (Å²) < 4.78 is 12.7. The molecule has 21 heavy (non-hydrogen) atoms. The van der Waals surface area contributed by atoms with Crippen LogP contribution >= 0.6 is 0 Å². The van der Waals surface area contributed by atoms with Crippen molar-refractivity contribution in [3.63, 3.8) is 0 Å². The molecule has 5 nitrogen and oxygen atoms in total. The molecule has 0 aliphatic heterocycles. The fourth-order valence-electron chi connectivity index (χ4n) is 2.53. The second kappa shape index (κ2) is 6.63. The predicted molar refractivity (Wildman–Crippen MR) is 83.1 cm³/mol. The third-order valence-corrected chi connectivity index (χ3v) is 3.52. The Morgan fingerprint density at radius 1 is 1.14 bits per heavy atom. The quantitative estimate of drug-likeness (QED) is 0.888. The van der Waals surface area contributed by atoms with Gasteiger partial charge in [0.15, 0.2) is 0 Å². The lowest BCUT2D eigenvalue weighted by Gasteiger charge is -2.19. The highest BCUT2D eigenvalue weighted by Gasteiger charge is 2.19. The van der Waals surface area contributed by atoms with Crippen LogP contribution in [0.25, 0.3) is 0 Å². The number of rotatable bonds is 6. The van der Waals surface area contributed by atoms with Gasteiger partial charge in [0.05, 0.1) is 31.6 Å². The lowest BCUT2D eigenvalue weighted by atomic mass is 10.0. The molecule has 0 aliphatic rings. The highest BCUT2D eigenvalue weighted by Crippen LogP contribution is 2.30. The molecule has 1 aromatic carbocycles. The summed E-state index contributed by atoms with van der Waals surface area (Å²) >= 11 is 0. The number of benzene rings is 1. The number of hydrogen-bond acceptors (Lipinski definition) is 4. The zero-order valence-electron chi connectivity index (χ0n) is 13.3. The van der Waals surface area contributed by atoms with Gasteiger partial charge in [0, 0.05) is 12.6 Å². The van der Waals surface area contributed by atoms with Crippen LogP contribution in [0.3, 0.4) is 0 Å². The lowest BCUT2D eigenvalue weighted by molar-refractivity contribution is 0.392. The molecule has 0 saturated carbocycles. The van der Waals surface area contributed by atoms with Crippen LogP contribution in [-0.2, 0) is 6.54 Å². The molecular weight excluding hydrogens is 266 g/mol. The van der Waals surface area contributed by atoms with E-state index in [0.717, 1.165) is 35.0 Å². The maximum absolute atomic E-state index is 5.36. The van der Waals surface area contributed by atoms with Gasteiger partial charge in [-0.2, -0.15) is 5.10 Å². The summed E-state index contributed by atoms with van der Waals surface area (Å²) in [5.74, 6) is 1.56. The van der Waals surface area contributed by atoms with E-state index in [1.54, 1.807) is 14.2 Å². The zero-order chi connectivity index (χ0) is 15.4. The van der Waals surface area contributed by atoms with Crippen LogP contribution in [-0.4, -0.2) is 31.0 Å². The first-order chi connectivity index (χ1) is 10.1. The molecule has 5 heteroatoms. The third-order valence-electron chi connectivity index (χ3n) is 3.52. The van der Waals surface area contributed by atoms with Crippen LogP contribution in [0.4, 0.5) is 0 Å². The van der Waals surface area contributed by atoms with E-state index in [-0.39, 0.29) is 6.04 Å². The van der Waals surface area contributed by atoms with Gasteiger partial charge in [-0.15, -0.1) is 0 Å². The number of nitrogens with one attached hydrogen (secondary N) is 1. The molecule has 1 aromatic heterocycles. The predicted octanol–water partition coefficient (Wildman–Crippen LogP) is 2.54. The van der Waals surface area contributed by atoms with Gasteiger partial charge in [-0.1, -0.05) is 0 Å². The highest BCUT2D eigenvalue weighted by atomic mass is 16.5. The van der Waals surface area contributed by atoms with E-state index in [2.05, 4.69) is 23.4 Å². The largest absolute Gasteiger partial charge is 0.497 e. The summed E-state index contributed by atoms with van der Waals surface area (Å²) in [6.45, 7) is 4.94. The van der Waals surface area contributed by atoms with Gasteiger partial charge >= 0.3 is 0 Å². The van der Waals surface area contributed by atoms with Crippen molar-refractivity contribution in [1.29, 1.82) is 0 Å². The van der Waals surface area contributed by atoms with Gasteiger partial charge < -0.3 is 14.8 Å². The van der Waals surface area contributed by atoms with Crippen LogP contribution < -0.4 is 14.8 Å². The van der Waals surface area contributed by atoms with Gasteiger partial charge in [-0.3, -0.25) is 4.68 Å². The Morgan fingerprint density at radius 3 is 2.24 bits per heavy atom. The topological polar surface area (TPSA) is 48.3 Å². The van der Waals surface area contributed by atoms with Crippen molar-refractivity contribution in [2.45, 2.75) is 26.4 Å². The van der Waals surface area contributed by atoms with Crippen molar-refractivity contribution in [3.05, 3.63) is 41.2 Å². The summed E-state index contributed by atoms with van der Waals surface area (Å²) in [5.41, 5.74) is 3.23. The Kier molecular flexibility index (Phi) is 4.85. The Hall–Kier alpha value is -2.01. The van der Waals surface area contributed by atoms with Crippen molar-refractivity contribution in [1.82, 2.24) is 15.1 Å². The van der Waals surface area contributed by atoms with Crippen molar-refractivity contribution >= 4 is 0 Å². The minimum absolute atomic E-state index is 0.0372. The molecule has 0 bridgehead atoms. The van der Waals surface area contributed by atoms with E-state index in [1.807, 2.05) is 36.9 Å². The normalized spacial score (nSPS) is 12.2. The molecular formula is C16H23N3O2. The molecule has 114 valence electrons. The van der Waals surface area contributed by atoms with Crippen LogP contribution in [0.2, 0.25) is 0 Å². The van der Waals surface area contributed by atoms with Gasteiger partial charge in [0.2, 0.25) is 0 Å². The van der Waals surface area contributed by atoms with Crippen molar-refractivity contribution < 1.29 is 9.47 Å². The van der Waals surface area contributed by atoms with E-state index < -0.39 is 0 Å². The maximum Gasteiger partial charge on any atom is 0.122 e. The molecule has 1 atom stereocenters. The van der Waals surface area contributed by atoms with Gasteiger partial charge in [-0.05, 0) is 44.7 Å². The molecule has 0 amide bonds. The number of aryl methyl sites for hydroxylation is 2. The number of ether oxygens (including phenoxy) is 2. The molecule has 0 saturated heterocycles. The minimum atomic E-state index is 0.0372. The lowest BCUT2D eigenvalue weighted by Crippen LogP contribution is -2.21. The summed E-state index contributed by atoms with van der Waals surface area (Å²) in [6, 6.07) is 8.06. The second-order valence-electron chi connectivity index (χ2n) is 4.89. The summed E-state index contributed by atoms with van der Waals surface area (Å²) in [6.07, 6.45) is 0. The molecule has 2 rings (SSSR count). The third kappa shape index (κ3) is 3.19. The fourth-order valence-corrected chi connectivity index (χ4v) is 2.53. The van der Waals surface area contributed by atoms with Crippen molar-refractivity contribution in [3.8, 4) is 11.5 Å². The summed E-state index contributed by atoms with van der Waals surface area (Å²) in [7, 11) is 5.26. The first-order valence-electron chi connectivity index (χ1n) is 7.07. The van der Waals surface area contributed by atoms with Crippen LogP contribution in [0.5, 0.6) is 11.5 Å². The van der Waals surface area contributed by atoms with E-state index in [0.29, 0.717) is 0 Å².